The molecule has 1 amide bonds. The van der Waals surface area contributed by atoms with Gasteiger partial charge in [-0.15, -0.1) is 0 Å². The Labute approximate surface area is 138 Å². The van der Waals surface area contributed by atoms with Gasteiger partial charge in [0.1, 0.15) is 0 Å². The van der Waals surface area contributed by atoms with Crippen LogP contribution in [0.1, 0.15) is 22.2 Å². The summed E-state index contributed by atoms with van der Waals surface area (Å²) in [6.07, 6.45) is 4.52. The molecule has 1 N–H and O–H groups in total. The number of ketones is 1. The number of aliphatic hydroxyl groups excluding tert-OH is 1. The molecule has 1 atom stereocenters. The van der Waals surface area contributed by atoms with E-state index in [4.69, 9.17) is 9.15 Å². The highest BCUT2D eigenvalue weighted by Gasteiger charge is 2.44. The molecule has 3 heterocycles. The zero-order valence-corrected chi connectivity index (χ0v) is 13.0. The number of furan rings is 1. The van der Waals surface area contributed by atoms with E-state index in [1.54, 1.807) is 30.6 Å². The molecule has 1 aliphatic rings. The SMILES string of the molecule is COCCN1C(=O)C(O)=C(C(=O)c2ccco2)C1c1cccnc1. The van der Waals surface area contributed by atoms with E-state index >= 15 is 0 Å². The van der Waals surface area contributed by atoms with Gasteiger partial charge in [-0.25, -0.2) is 0 Å². The minimum absolute atomic E-state index is 0.0148. The van der Waals surface area contributed by atoms with Gasteiger partial charge in [0.15, 0.2) is 11.5 Å². The molecule has 1 unspecified atom stereocenters. The molecule has 0 aliphatic carbocycles. The number of pyridine rings is 1. The molecule has 2 aromatic rings. The molecule has 0 aromatic carbocycles. The summed E-state index contributed by atoms with van der Waals surface area (Å²) in [4.78, 5) is 30.6. The number of carbonyl (C=O) groups is 2. The van der Waals surface area contributed by atoms with Crippen LogP contribution >= 0.6 is 0 Å². The third kappa shape index (κ3) is 2.69. The number of rotatable bonds is 6. The maximum atomic E-state index is 12.7. The molecule has 7 heteroatoms. The molecule has 0 bridgehead atoms. The molecule has 7 nitrogen and oxygen atoms in total. The van der Waals surface area contributed by atoms with Gasteiger partial charge >= 0.3 is 0 Å². The number of ether oxygens (including phenoxy) is 1. The fourth-order valence-corrected chi connectivity index (χ4v) is 2.73. The van der Waals surface area contributed by atoms with Crippen molar-refractivity contribution in [2.24, 2.45) is 0 Å². The van der Waals surface area contributed by atoms with Crippen molar-refractivity contribution in [2.75, 3.05) is 20.3 Å². The van der Waals surface area contributed by atoms with Crippen LogP contribution in [0.5, 0.6) is 0 Å². The number of amides is 1. The van der Waals surface area contributed by atoms with Crippen molar-refractivity contribution in [1.82, 2.24) is 9.88 Å². The van der Waals surface area contributed by atoms with Gasteiger partial charge < -0.3 is 19.2 Å². The van der Waals surface area contributed by atoms with Crippen molar-refractivity contribution in [1.29, 1.82) is 0 Å². The number of hydrogen-bond acceptors (Lipinski definition) is 6. The maximum Gasteiger partial charge on any atom is 0.290 e. The Morgan fingerprint density at radius 1 is 1.42 bits per heavy atom. The van der Waals surface area contributed by atoms with Crippen molar-refractivity contribution >= 4 is 11.7 Å². The van der Waals surface area contributed by atoms with Crippen LogP contribution in [0.25, 0.3) is 0 Å². The van der Waals surface area contributed by atoms with E-state index in [9.17, 15) is 14.7 Å². The second kappa shape index (κ2) is 6.67. The molecule has 0 spiro atoms. The standard InChI is InChI=1S/C17H16N2O5/c1-23-9-7-19-14(11-4-2-6-18-10-11)13(16(21)17(19)22)15(20)12-5-3-8-24-12/h2-6,8,10,14,21H,7,9H2,1H3. The fourth-order valence-electron chi connectivity index (χ4n) is 2.73. The lowest BCUT2D eigenvalue weighted by molar-refractivity contribution is -0.130. The van der Waals surface area contributed by atoms with Gasteiger partial charge in [0.2, 0.25) is 5.78 Å². The largest absolute Gasteiger partial charge is 0.503 e. The van der Waals surface area contributed by atoms with E-state index in [1.807, 2.05) is 0 Å². The average molecular weight is 328 g/mol. The summed E-state index contributed by atoms with van der Waals surface area (Å²) in [6.45, 7) is 0.506. The normalized spacial score (nSPS) is 17.6. The second-order valence-corrected chi connectivity index (χ2v) is 5.25. The lowest BCUT2D eigenvalue weighted by Gasteiger charge is -2.26. The highest BCUT2D eigenvalue weighted by atomic mass is 16.5. The number of aromatic nitrogens is 1. The van der Waals surface area contributed by atoms with Crippen molar-refractivity contribution in [3.8, 4) is 0 Å². The Balaban J connectivity index is 2.06. The highest BCUT2D eigenvalue weighted by molar-refractivity contribution is 6.14. The lowest BCUT2D eigenvalue weighted by Crippen LogP contribution is -2.34. The Morgan fingerprint density at radius 3 is 2.88 bits per heavy atom. The van der Waals surface area contributed by atoms with Crippen LogP contribution in [-0.2, 0) is 9.53 Å². The summed E-state index contributed by atoms with van der Waals surface area (Å²) in [6, 6.07) is 5.78. The van der Waals surface area contributed by atoms with E-state index in [-0.39, 0.29) is 24.5 Å². The third-order valence-corrected chi connectivity index (χ3v) is 3.83. The monoisotopic (exact) mass is 328 g/mol. The summed E-state index contributed by atoms with van der Waals surface area (Å²) in [7, 11) is 1.52. The van der Waals surface area contributed by atoms with Crippen LogP contribution in [-0.4, -0.2) is 46.9 Å². The van der Waals surface area contributed by atoms with Crippen LogP contribution in [0.2, 0.25) is 0 Å². The van der Waals surface area contributed by atoms with Gasteiger partial charge in [-0.3, -0.25) is 14.6 Å². The summed E-state index contributed by atoms with van der Waals surface area (Å²) in [5, 5.41) is 10.3. The summed E-state index contributed by atoms with van der Waals surface area (Å²) >= 11 is 0. The molecule has 0 saturated carbocycles. The van der Waals surface area contributed by atoms with Crippen LogP contribution in [0.3, 0.4) is 0 Å². The molecule has 2 aromatic heterocycles. The second-order valence-electron chi connectivity index (χ2n) is 5.25. The number of carbonyl (C=O) groups excluding carboxylic acids is 2. The van der Waals surface area contributed by atoms with Gasteiger partial charge in [0.25, 0.3) is 5.91 Å². The number of hydrogen-bond donors (Lipinski definition) is 1. The van der Waals surface area contributed by atoms with Crippen LogP contribution in [0.15, 0.2) is 58.7 Å². The van der Waals surface area contributed by atoms with Gasteiger partial charge in [0, 0.05) is 26.0 Å². The topological polar surface area (TPSA) is 92.9 Å². The number of methoxy groups -OCH3 is 1. The number of aliphatic hydroxyl groups is 1. The zero-order valence-electron chi connectivity index (χ0n) is 13.0. The van der Waals surface area contributed by atoms with E-state index in [2.05, 4.69) is 4.98 Å². The van der Waals surface area contributed by atoms with Crippen LogP contribution in [0.4, 0.5) is 0 Å². The van der Waals surface area contributed by atoms with Crippen molar-refractivity contribution in [3.05, 3.63) is 65.6 Å². The first kappa shape index (κ1) is 15.9. The Bertz CT molecular complexity index is 768. The molecule has 0 fully saturated rings. The predicted octanol–water partition coefficient (Wildman–Crippen LogP) is 1.90. The summed E-state index contributed by atoms with van der Waals surface area (Å²) < 4.78 is 10.2. The Morgan fingerprint density at radius 2 is 2.25 bits per heavy atom. The van der Waals surface area contributed by atoms with E-state index in [0.29, 0.717) is 5.56 Å². The van der Waals surface area contributed by atoms with E-state index in [1.165, 1.54) is 24.3 Å². The molecule has 124 valence electrons. The minimum atomic E-state index is -0.737. The van der Waals surface area contributed by atoms with Gasteiger partial charge in [-0.1, -0.05) is 6.07 Å². The number of nitrogens with zero attached hydrogens (tertiary/aromatic N) is 2. The van der Waals surface area contributed by atoms with E-state index in [0.717, 1.165) is 0 Å². The van der Waals surface area contributed by atoms with E-state index < -0.39 is 23.5 Å². The quantitative estimate of drug-likeness (QED) is 0.814. The maximum absolute atomic E-state index is 12.7. The Kier molecular flexibility index (Phi) is 4.43. The Hall–Kier alpha value is -2.93. The first-order valence-electron chi connectivity index (χ1n) is 7.36. The first-order valence-corrected chi connectivity index (χ1v) is 7.36. The number of Topliss-reactive ketones (excluding diaryl/α,β-unsaturated/α-hetero) is 1. The highest BCUT2D eigenvalue weighted by Crippen LogP contribution is 2.38. The average Bonchev–Trinajstić information content (AvgIpc) is 3.22. The van der Waals surface area contributed by atoms with Gasteiger partial charge in [-0.2, -0.15) is 0 Å². The minimum Gasteiger partial charge on any atom is -0.503 e. The zero-order chi connectivity index (χ0) is 17.1. The van der Waals surface area contributed by atoms with Gasteiger partial charge in [-0.05, 0) is 23.8 Å². The third-order valence-electron chi connectivity index (χ3n) is 3.83. The van der Waals surface area contributed by atoms with Crippen molar-refractivity contribution in [2.45, 2.75) is 6.04 Å². The molecule has 0 radical (unpaired) electrons. The molecular formula is C17H16N2O5. The molecular weight excluding hydrogens is 312 g/mol. The molecule has 24 heavy (non-hydrogen) atoms. The van der Waals surface area contributed by atoms with Crippen LogP contribution in [0, 0.1) is 0 Å². The fraction of sp³-hybridized carbons (Fsp3) is 0.235. The van der Waals surface area contributed by atoms with Gasteiger partial charge in [0.05, 0.1) is 24.5 Å². The smallest absolute Gasteiger partial charge is 0.290 e. The lowest BCUT2D eigenvalue weighted by atomic mass is 9.96. The predicted molar refractivity (Wildman–Crippen MR) is 83.3 cm³/mol. The van der Waals surface area contributed by atoms with Crippen molar-refractivity contribution in [3.63, 3.8) is 0 Å². The summed E-state index contributed by atoms with van der Waals surface area (Å²) in [5.41, 5.74) is 0.611. The van der Waals surface area contributed by atoms with Crippen molar-refractivity contribution < 1.29 is 23.8 Å². The summed E-state index contributed by atoms with van der Waals surface area (Å²) in [5.74, 6) is -1.65. The molecule has 0 saturated heterocycles. The molecule has 3 rings (SSSR count). The first-order chi connectivity index (χ1) is 11.6. The molecule has 1 aliphatic heterocycles. The van der Waals surface area contributed by atoms with Crippen LogP contribution < -0.4 is 0 Å².